The molecule has 0 bridgehead atoms. The molecule has 13 N–H and O–H groups in total. The first-order valence-corrected chi connectivity index (χ1v) is 27.3. The smallest absolute Gasteiger partial charge is 0.315 e. The van der Waals surface area contributed by atoms with Gasteiger partial charge in [-0.15, -0.1) is 0 Å². The van der Waals surface area contributed by atoms with E-state index in [2.05, 4.69) is 40.7 Å². The Hall–Kier alpha value is -1.92. The molecule has 0 radical (unpaired) electrons. The number of aliphatic hydroxyl groups excluding tert-OH is 13. The van der Waals surface area contributed by atoms with Crippen LogP contribution in [0.2, 0.25) is 0 Å². The lowest BCUT2D eigenvalue weighted by atomic mass is 9.33. The summed E-state index contributed by atoms with van der Waals surface area (Å²) in [6.07, 6.45) is -22.9. The van der Waals surface area contributed by atoms with Crippen LogP contribution in [0.5, 0.6) is 0 Å². The van der Waals surface area contributed by atoms with Crippen molar-refractivity contribution in [1.82, 2.24) is 0 Å². The maximum absolute atomic E-state index is 14.8. The lowest BCUT2D eigenvalue weighted by molar-refractivity contribution is -0.393. The van der Waals surface area contributed by atoms with Crippen LogP contribution in [0.25, 0.3) is 0 Å². The lowest BCUT2D eigenvalue weighted by Gasteiger charge is -2.71. The van der Waals surface area contributed by atoms with Crippen molar-refractivity contribution in [1.29, 1.82) is 0 Å². The van der Waals surface area contributed by atoms with Gasteiger partial charge in [0, 0.05) is 5.41 Å². The average molecular weight is 1090 g/mol. The minimum atomic E-state index is -1.92. The molecule has 4 heterocycles. The number of ether oxygens (including phenoxy) is 8. The van der Waals surface area contributed by atoms with Crippen molar-refractivity contribution in [2.75, 3.05) is 26.4 Å². The van der Waals surface area contributed by atoms with Crippen molar-refractivity contribution >= 4 is 12.3 Å². The molecule has 9 rings (SSSR count). The predicted molar refractivity (Wildman–Crippen MR) is 257 cm³/mol. The quantitative estimate of drug-likeness (QED) is 0.0426. The summed E-state index contributed by atoms with van der Waals surface area (Å²) >= 11 is 0. The summed E-state index contributed by atoms with van der Waals surface area (Å²) in [7, 11) is 0. The van der Waals surface area contributed by atoms with Crippen LogP contribution < -0.4 is 0 Å². The minimum absolute atomic E-state index is 0.0815. The van der Waals surface area contributed by atoms with Crippen molar-refractivity contribution in [3.05, 3.63) is 11.6 Å². The van der Waals surface area contributed by atoms with Crippen molar-refractivity contribution < 1.29 is 114 Å². The summed E-state index contributed by atoms with van der Waals surface area (Å²) in [6, 6.07) is 0. The second-order valence-corrected chi connectivity index (χ2v) is 25.4. The van der Waals surface area contributed by atoms with Crippen LogP contribution in [0.3, 0.4) is 0 Å². The Balaban J connectivity index is 0.952. The van der Waals surface area contributed by atoms with E-state index in [1.54, 1.807) is 0 Å². The van der Waals surface area contributed by atoms with Crippen LogP contribution >= 0.6 is 0 Å². The topological polar surface area (TPSA) is 371 Å². The molecule has 0 aromatic rings. The molecule has 8 fully saturated rings. The molecule has 434 valence electrons. The molecular formula is C53H84O23. The minimum Gasteiger partial charge on any atom is -0.432 e. The molecule has 23 nitrogen and oxygen atoms in total. The molecule has 5 aliphatic carbocycles. The number of rotatable bonds is 12. The molecule has 0 amide bonds. The highest BCUT2D eigenvalue weighted by molar-refractivity contribution is 5.79. The molecule has 0 unspecified atom stereocenters. The number of hydrogen-bond donors (Lipinski definition) is 13. The summed E-state index contributed by atoms with van der Waals surface area (Å²) in [4.78, 5) is 27.6. The fraction of sp³-hybridized carbons (Fsp3) is 0.925. The summed E-state index contributed by atoms with van der Waals surface area (Å²) in [6.45, 7) is 10.6. The average Bonchev–Trinajstić information content (AvgIpc) is 3.56. The molecule has 0 aromatic heterocycles. The van der Waals surface area contributed by atoms with Crippen LogP contribution in [0.4, 0.5) is 0 Å². The summed E-state index contributed by atoms with van der Waals surface area (Å²) in [5.41, 5.74) is -2.17. The van der Waals surface area contributed by atoms with E-state index in [-0.39, 0.29) is 29.3 Å². The Kier molecular flexibility index (Phi) is 16.6. The van der Waals surface area contributed by atoms with E-state index >= 15 is 0 Å². The van der Waals surface area contributed by atoms with Gasteiger partial charge in [-0.25, -0.2) is 0 Å². The summed E-state index contributed by atoms with van der Waals surface area (Å²) < 4.78 is 48.1. The van der Waals surface area contributed by atoms with Crippen LogP contribution in [0.1, 0.15) is 106 Å². The number of esters is 1. The third kappa shape index (κ3) is 9.38. The number of carbonyl (C=O) groups excluding carboxylic acids is 2. The number of aliphatic hydroxyl groups is 13. The van der Waals surface area contributed by atoms with Gasteiger partial charge in [0.15, 0.2) is 18.9 Å². The SMILES string of the molecule is CC1(C)[C@@H](O[C@H]2OC[C@H](O)[C@H](O)[C@H]2O[C@H]2O[C@H](CO)[C@@H](O)[C@H](O)[C@H]2O[C@H]2O[C@H](CO)[C@@H](O)[C@H](O)[C@H]2O)CC[C@]2(C)[C@H]3CC=C4[C@@H]5C[C@@](C)(C=O)CC[C@]5(C(=O)O[C@H]5O[C@H](CO)[C@@H](O)[C@H](O)[C@H]5O)CC[C@@]4(C)[C@]3(C)CC[C@@H]12. The summed E-state index contributed by atoms with van der Waals surface area (Å²) in [5, 5.41) is 138. The number of hydrogen-bond acceptors (Lipinski definition) is 23. The van der Waals surface area contributed by atoms with E-state index < -0.39 is 176 Å². The molecule has 28 atom stereocenters. The van der Waals surface area contributed by atoms with Crippen molar-refractivity contribution in [3.8, 4) is 0 Å². The molecule has 23 heteroatoms. The Labute approximate surface area is 442 Å². The first kappa shape index (κ1) is 58.7. The molecule has 4 saturated heterocycles. The zero-order valence-corrected chi connectivity index (χ0v) is 44.2. The molecule has 0 aromatic carbocycles. The maximum Gasteiger partial charge on any atom is 0.315 e. The number of aldehydes is 1. The zero-order chi connectivity index (χ0) is 55.4. The fourth-order valence-corrected chi connectivity index (χ4v) is 16.2. The molecular weight excluding hydrogens is 1000 g/mol. The number of carbonyl (C=O) groups is 2. The van der Waals surface area contributed by atoms with Gasteiger partial charge < -0.3 is 109 Å². The van der Waals surface area contributed by atoms with Gasteiger partial charge >= 0.3 is 5.97 Å². The fourth-order valence-electron chi connectivity index (χ4n) is 16.2. The van der Waals surface area contributed by atoms with Crippen LogP contribution in [0, 0.1) is 50.2 Å². The highest BCUT2D eigenvalue weighted by Gasteiger charge is 2.70. The van der Waals surface area contributed by atoms with Crippen LogP contribution in [-0.2, 0) is 47.5 Å². The third-order valence-corrected chi connectivity index (χ3v) is 21.1. The largest absolute Gasteiger partial charge is 0.432 e. The Morgan fingerprint density at radius 2 is 1.16 bits per heavy atom. The van der Waals surface area contributed by atoms with Gasteiger partial charge in [-0.2, -0.15) is 0 Å². The van der Waals surface area contributed by atoms with Gasteiger partial charge in [-0.3, -0.25) is 4.79 Å². The standard InChI is InChI=1S/C53H84O23/c1-48(2)29-9-12-52(6)30(8-7-23-24-17-49(3,22-57)13-15-53(24,16-14-51(23,52)5)47(68)76-44-40(67)37(64)34(61)27(19-55)71-44)50(29,4)11-10-31(48)73-45-41(32(59)25(58)21-69-45)75-46-42(38(65)35(62)28(20-56)72-46)74-43-39(66)36(63)33(60)26(18-54)70-43/h7,22,24-46,54-56,58-67H,8-21H2,1-6H3/t24-,25-,26+,27+,28+,29-,30+,31-,32-,33+,34+,35+,36-,37-,38-,39+,40+,41+,42+,43+,44+,45+,46+,49-,50-,51+,52+,53-/m0/s1. The first-order chi connectivity index (χ1) is 35.7. The molecule has 0 spiro atoms. The van der Waals surface area contributed by atoms with Gasteiger partial charge in [0.2, 0.25) is 6.29 Å². The van der Waals surface area contributed by atoms with E-state index in [1.807, 2.05) is 6.92 Å². The number of fused-ring (bicyclic) bond motifs is 7. The van der Waals surface area contributed by atoms with E-state index in [4.69, 9.17) is 37.9 Å². The normalized spacial score (nSPS) is 54.2. The van der Waals surface area contributed by atoms with Crippen molar-refractivity contribution in [2.45, 2.75) is 229 Å². The Morgan fingerprint density at radius 3 is 1.78 bits per heavy atom. The second kappa shape index (κ2) is 21.4. The predicted octanol–water partition coefficient (Wildman–Crippen LogP) is -2.22. The lowest BCUT2D eigenvalue weighted by Crippen LogP contribution is -2.67. The van der Waals surface area contributed by atoms with Gasteiger partial charge in [0.05, 0.1) is 37.9 Å². The first-order valence-electron chi connectivity index (χ1n) is 27.3. The Bertz CT molecular complexity index is 2110. The van der Waals surface area contributed by atoms with Crippen LogP contribution in [0.15, 0.2) is 11.6 Å². The highest BCUT2D eigenvalue weighted by atomic mass is 16.8. The molecule has 4 saturated carbocycles. The maximum atomic E-state index is 14.8. The van der Waals surface area contributed by atoms with E-state index in [9.17, 15) is 76.0 Å². The molecule has 9 aliphatic rings. The zero-order valence-electron chi connectivity index (χ0n) is 44.2. The molecule has 4 aliphatic heterocycles. The summed E-state index contributed by atoms with van der Waals surface area (Å²) in [5.74, 6) is -0.771. The number of allylic oxidation sites excluding steroid dienone is 2. The van der Waals surface area contributed by atoms with Gasteiger partial charge in [-0.05, 0) is 104 Å². The van der Waals surface area contributed by atoms with E-state index in [0.717, 1.165) is 31.1 Å². The van der Waals surface area contributed by atoms with Crippen molar-refractivity contribution in [3.63, 3.8) is 0 Å². The molecule has 76 heavy (non-hydrogen) atoms. The Morgan fingerprint density at radius 1 is 0.605 bits per heavy atom. The third-order valence-electron chi connectivity index (χ3n) is 21.1. The highest BCUT2D eigenvalue weighted by Crippen LogP contribution is 2.76. The van der Waals surface area contributed by atoms with Gasteiger partial charge in [0.1, 0.15) is 97.8 Å². The van der Waals surface area contributed by atoms with Gasteiger partial charge in [0.25, 0.3) is 0 Å². The van der Waals surface area contributed by atoms with E-state index in [1.165, 1.54) is 0 Å². The van der Waals surface area contributed by atoms with Crippen molar-refractivity contribution in [2.24, 2.45) is 50.2 Å². The second-order valence-electron chi connectivity index (χ2n) is 25.4. The van der Waals surface area contributed by atoms with E-state index in [0.29, 0.717) is 44.9 Å². The monoisotopic (exact) mass is 1090 g/mol. The van der Waals surface area contributed by atoms with Gasteiger partial charge in [-0.1, -0.05) is 53.2 Å². The van der Waals surface area contributed by atoms with Crippen LogP contribution in [-0.4, -0.2) is 228 Å².